The minimum atomic E-state index is -3.51. The fourth-order valence-electron chi connectivity index (χ4n) is 3.14. The zero-order valence-corrected chi connectivity index (χ0v) is 13.7. The maximum atomic E-state index is 12.6. The molecule has 126 valence electrons. The van der Waals surface area contributed by atoms with Crippen molar-refractivity contribution in [2.24, 2.45) is 4.40 Å². The molecule has 4 rings (SSSR count). The summed E-state index contributed by atoms with van der Waals surface area (Å²) in [6, 6.07) is -0.0137. The van der Waals surface area contributed by atoms with Crippen LogP contribution in [0.1, 0.15) is 12.2 Å². The van der Waals surface area contributed by atoms with Gasteiger partial charge in [-0.1, -0.05) is 0 Å². The predicted molar refractivity (Wildman–Crippen MR) is 87.6 cm³/mol. The van der Waals surface area contributed by atoms with Crippen molar-refractivity contribution < 1.29 is 13.2 Å². The van der Waals surface area contributed by atoms with Gasteiger partial charge in [0.15, 0.2) is 5.84 Å². The molecule has 1 N–H and O–H groups in total. The van der Waals surface area contributed by atoms with Gasteiger partial charge in [0.2, 0.25) is 0 Å². The molecule has 0 bridgehead atoms. The summed E-state index contributed by atoms with van der Waals surface area (Å²) in [6.07, 6.45) is 10.3. The Labute approximate surface area is 139 Å². The van der Waals surface area contributed by atoms with E-state index >= 15 is 0 Å². The second-order valence-corrected chi connectivity index (χ2v) is 7.78. The number of aryl methyl sites for hydroxylation is 1. The molecule has 0 radical (unpaired) electrons. The monoisotopic (exact) mass is 347 g/mol. The van der Waals surface area contributed by atoms with Crippen LogP contribution in [0.15, 0.2) is 40.7 Å². The Kier molecular flexibility index (Phi) is 3.52. The Bertz CT molecular complexity index is 881. The number of allylic oxidation sites excluding steroid dienone is 2. The van der Waals surface area contributed by atoms with Crippen LogP contribution in [0.25, 0.3) is 0 Å². The van der Waals surface area contributed by atoms with Crippen LogP contribution >= 0.6 is 0 Å². The van der Waals surface area contributed by atoms with Crippen molar-refractivity contribution in [2.75, 3.05) is 12.3 Å². The third-order valence-electron chi connectivity index (χ3n) is 4.37. The van der Waals surface area contributed by atoms with Crippen molar-refractivity contribution in [2.45, 2.75) is 25.4 Å². The lowest BCUT2D eigenvalue weighted by atomic mass is 10.1. The molecule has 1 amide bonds. The number of hydrogen-bond acceptors (Lipinski definition) is 5. The van der Waals surface area contributed by atoms with E-state index in [0.29, 0.717) is 13.1 Å². The average Bonchev–Trinajstić information content (AvgIpc) is 3.01. The third-order valence-corrected chi connectivity index (χ3v) is 5.52. The lowest BCUT2D eigenvalue weighted by Crippen LogP contribution is -2.46. The van der Waals surface area contributed by atoms with Crippen molar-refractivity contribution >= 4 is 21.8 Å². The summed E-state index contributed by atoms with van der Waals surface area (Å²) in [7, 11) is -3.51. The minimum absolute atomic E-state index is 0.0137. The molecule has 0 spiro atoms. The van der Waals surface area contributed by atoms with E-state index in [0.717, 1.165) is 18.7 Å². The second kappa shape index (κ2) is 5.59. The zero-order valence-electron chi connectivity index (χ0n) is 12.9. The highest BCUT2D eigenvalue weighted by Crippen LogP contribution is 2.19. The first-order chi connectivity index (χ1) is 11.5. The van der Waals surface area contributed by atoms with E-state index in [4.69, 9.17) is 0 Å². The fraction of sp³-hybridized carbons (Fsp3) is 0.400. The van der Waals surface area contributed by atoms with Crippen LogP contribution in [0.2, 0.25) is 0 Å². The number of rotatable bonds is 2. The van der Waals surface area contributed by atoms with Gasteiger partial charge in [-0.25, -0.2) is 13.4 Å². The molecular weight excluding hydrogens is 330 g/mol. The average molecular weight is 347 g/mol. The first-order valence-corrected chi connectivity index (χ1v) is 9.42. The SMILES string of the molecule is O=C(NC1CCc2nccn2C1)C1=CC=CN2CCS(=O)(=O)N=C12. The van der Waals surface area contributed by atoms with Crippen molar-refractivity contribution in [1.82, 2.24) is 19.8 Å². The van der Waals surface area contributed by atoms with Crippen LogP contribution in [0, 0.1) is 0 Å². The number of hydrogen-bond donors (Lipinski definition) is 1. The molecule has 3 aliphatic heterocycles. The van der Waals surface area contributed by atoms with Crippen LogP contribution in [0.3, 0.4) is 0 Å². The van der Waals surface area contributed by atoms with Gasteiger partial charge >= 0.3 is 0 Å². The number of carbonyl (C=O) groups excluding carboxylic acids is 1. The largest absolute Gasteiger partial charge is 0.347 e. The number of aromatic nitrogens is 2. The van der Waals surface area contributed by atoms with Crippen LogP contribution in [0.5, 0.6) is 0 Å². The van der Waals surface area contributed by atoms with Gasteiger partial charge in [-0.15, -0.1) is 4.40 Å². The lowest BCUT2D eigenvalue weighted by molar-refractivity contribution is -0.117. The molecule has 1 aromatic heterocycles. The smallest absolute Gasteiger partial charge is 0.256 e. The number of sulfonamides is 1. The Hall–Kier alpha value is -2.42. The molecular formula is C15H17N5O3S. The quantitative estimate of drug-likeness (QED) is 0.800. The zero-order chi connectivity index (χ0) is 16.7. The van der Waals surface area contributed by atoms with Gasteiger partial charge in [0, 0.05) is 44.1 Å². The van der Waals surface area contributed by atoms with Gasteiger partial charge in [0.1, 0.15) is 5.82 Å². The summed E-state index contributed by atoms with van der Waals surface area (Å²) in [5.41, 5.74) is 0.289. The molecule has 1 unspecified atom stereocenters. The second-order valence-electron chi connectivity index (χ2n) is 6.02. The van der Waals surface area contributed by atoms with Gasteiger partial charge in [0.25, 0.3) is 15.9 Å². The van der Waals surface area contributed by atoms with Gasteiger partial charge in [-0.2, -0.15) is 0 Å². The van der Waals surface area contributed by atoms with Crippen molar-refractivity contribution in [1.29, 1.82) is 0 Å². The number of amidine groups is 1. The molecule has 0 saturated carbocycles. The van der Waals surface area contributed by atoms with Crippen LogP contribution in [0.4, 0.5) is 0 Å². The lowest BCUT2D eigenvalue weighted by Gasteiger charge is -2.30. The molecule has 0 saturated heterocycles. The molecule has 3 aliphatic rings. The Balaban J connectivity index is 1.53. The number of fused-ring (bicyclic) bond motifs is 2. The summed E-state index contributed by atoms with van der Waals surface area (Å²) in [4.78, 5) is 18.6. The maximum Gasteiger partial charge on any atom is 0.256 e. The molecule has 24 heavy (non-hydrogen) atoms. The molecule has 0 fully saturated rings. The molecule has 1 atom stereocenters. The highest BCUT2D eigenvalue weighted by atomic mass is 32.2. The van der Waals surface area contributed by atoms with Crippen LogP contribution < -0.4 is 5.32 Å². The Morgan fingerprint density at radius 1 is 1.38 bits per heavy atom. The molecule has 1 aromatic rings. The van der Waals surface area contributed by atoms with E-state index in [2.05, 4.69) is 14.7 Å². The van der Waals surface area contributed by atoms with Gasteiger partial charge in [-0.05, 0) is 18.6 Å². The highest BCUT2D eigenvalue weighted by Gasteiger charge is 2.31. The summed E-state index contributed by atoms with van der Waals surface area (Å²) < 4.78 is 29.3. The van der Waals surface area contributed by atoms with E-state index in [1.54, 1.807) is 29.4 Å². The predicted octanol–water partition coefficient (Wildman–Crippen LogP) is -0.188. The van der Waals surface area contributed by atoms with Crippen molar-refractivity contribution in [3.05, 3.63) is 42.1 Å². The summed E-state index contributed by atoms with van der Waals surface area (Å²) in [5, 5.41) is 2.99. The fourth-order valence-corrected chi connectivity index (χ4v) is 4.13. The first kappa shape index (κ1) is 15.1. The first-order valence-electron chi connectivity index (χ1n) is 7.81. The summed E-state index contributed by atoms with van der Waals surface area (Å²) in [5.74, 6) is 0.894. The van der Waals surface area contributed by atoms with E-state index < -0.39 is 10.0 Å². The number of nitrogens with zero attached hydrogens (tertiary/aromatic N) is 4. The molecule has 8 nitrogen and oxygen atoms in total. The van der Waals surface area contributed by atoms with E-state index in [1.165, 1.54) is 0 Å². The molecule has 4 heterocycles. The Morgan fingerprint density at radius 2 is 2.25 bits per heavy atom. The van der Waals surface area contributed by atoms with E-state index in [-0.39, 0.29) is 29.1 Å². The summed E-state index contributed by atoms with van der Waals surface area (Å²) >= 11 is 0. The topological polar surface area (TPSA) is 96.7 Å². The highest BCUT2D eigenvalue weighted by molar-refractivity contribution is 7.90. The number of carbonyl (C=O) groups is 1. The molecule has 9 heteroatoms. The van der Waals surface area contributed by atoms with Crippen LogP contribution in [-0.2, 0) is 27.8 Å². The number of amides is 1. The van der Waals surface area contributed by atoms with Crippen LogP contribution in [-0.4, -0.2) is 53.0 Å². The van der Waals surface area contributed by atoms with Crippen molar-refractivity contribution in [3.63, 3.8) is 0 Å². The van der Waals surface area contributed by atoms with E-state index in [9.17, 15) is 13.2 Å². The molecule has 0 aliphatic carbocycles. The van der Waals surface area contributed by atoms with Gasteiger partial charge in [0.05, 0.1) is 11.3 Å². The van der Waals surface area contributed by atoms with Gasteiger partial charge in [-0.3, -0.25) is 4.79 Å². The maximum absolute atomic E-state index is 12.6. The Morgan fingerprint density at radius 3 is 3.12 bits per heavy atom. The standard InChI is InChI=1S/C15H17N5O3S/c21-15(17-11-3-4-13-16-5-7-20(13)10-11)12-2-1-6-19-8-9-24(22,23)18-14(12)19/h1-2,5-7,11H,3-4,8-10H2,(H,17,21). The minimum Gasteiger partial charge on any atom is -0.347 e. The van der Waals surface area contributed by atoms with E-state index in [1.807, 2.05) is 10.8 Å². The third kappa shape index (κ3) is 2.75. The normalized spacial score (nSPS) is 24.5. The van der Waals surface area contributed by atoms with Crippen molar-refractivity contribution in [3.8, 4) is 0 Å². The number of nitrogens with one attached hydrogen (secondary N) is 1. The summed E-state index contributed by atoms with van der Waals surface area (Å²) in [6.45, 7) is 0.975. The van der Waals surface area contributed by atoms with Gasteiger partial charge < -0.3 is 14.8 Å². The molecule has 0 aromatic carbocycles. The number of imidazole rings is 1.